The molecule has 2 aromatic rings. The Morgan fingerprint density at radius 3 is 2.58 bits per heavy atom. The van der Waals surface area contributed by atoms with Crippen molar-refractivity contribution in [2.75, 3.05) is 31.1 Å². The summed E-state index contributed by atoms with van der Waals surface area (Å²) in [5.74, 6) is -1.69. The Labute approximate surface area is 194 Å². The van der Waals surface area contributed by atoms with Gasteiger partial charge in [0.2, 0.25) is 11.8 Å². The molecule has 3 amide bonds. The van der Waals surface area contributed by atoms with Crippen LogP contribution in [0.4, 0.5) is 10.1 Å². The highest BCUT2D eigenvalue weighted by Crippen LogP contribution is 2.35. The van der Waals surface area contributed by atoms with Crippen LogP contribution < -0.4 is 10.2 Å². The van der Waals surface area contributed by atoms with Gasteiger partial charge in [0.15, 0.2) is 5.15 Å². The lowest BCUT2D eigenvalue weighted by Crippen LogP contribution is -2.52. The van der Waals surface area contributed by atoms with Crippen molar-refractivity contribution in [3.8, 4) is 0 Å². The fourth-order valence-electron chi connectivity index (χ4n) is 4.70. The van der Waals surface area contributed by atoms with E-state index in [0.29, 0.717) is 49.3 Å². The number of imide groups is 1. The summed E-state index contributed by atoms with van der Waals surface area (Å²) >= 11 is 6.12. The average Bonchev–Trinajstić information content (AvgIpc) is 3.11. The largest absolute Gasteiger partial charge is 0.369 e. The number of aromatic nitrogens is 2. The lowest BCUT2D eigenvalue weighted by Gasteiger charge is -2.37. The predicted octanol–water partition coefficient (Wildman–Crippen LogP) is 1.35. The van der Waals surface area contributed by atoms with Crippen LogP contribution in [-0.4, -0.2) is 69.7 Å². The van der Waals surface area contributed by atoms with E-state index >= 15 is 0 Å². The summed E-state index contributed by atoms with van der Waals surface area (Å²) in [6.45, 7) is 3.49. The number of rotatable bonds is 4. The molecule has 11 heteroatoms. The molecular formula is C22H22ClFN6O3. The zero-order valence-electron chi connectivity index (χ0n) is 17.8. The van der Waals surface area contributed by atoms with Crippen molar-refractivity contribution in [1.29, 1.82) is 0 Å². The molecule has 2 fully saturated rings. The van der Waals surface area contributed by atoms with Gasteiger partial charge >= 0.3 is 0 Å². The van der Waals surface area contributed by atoms with Gasteiger partial charge in [-0.05, 0) is 18.6 Å². The molecule has 0 spiro atoms. The van der Waals surface area contributed by atoms with E-state index < -0.39 is 17.8 Å². The molecule has 1 atom stereocenters. The Morgan fingerprint density at radius 1 is 1.09 bits per heavy atom. The van der Waals surface area contributed by atoms with Crippen molar-refractivity contribution in [3.05, 3.63) is 52.3 Å². The molecule has 172 valence electrons. The summed E-state index contributed by atoms with van der Waals surface area (Å²) in [6.07, 6.45) is 3.60. The van der Waals surface area contributed by atoms with E-state index in [9.17, 15) is 18.8 Å². The Morgan fingerprint density at radius 2 is 1.85 bits per heavy atom. The maximum atomic E-state index is 14.5. The summed E-state index contributed by atoms with van der Waals surface area (Å²) in [4.78, 5) is 50.9. The first-order valence-corrected chi connectivity index (χ1v) is 11.2. The van der Waals surface area contributed by atoms with Crippen molar-refractivity contribution in [2.45, 2.75) is 32.0 Å². The predicted molar refractivity (Wildman–Crippen MR) is 117 cm³/mol. The number of carbonyl (C=O) groups is 3. The SMILES string of the molecule is O=C1CCC(N2Cc3c(cc(F)cc3N3CCN(Cc4nccnc4Cl)CC3)C2=O)C(=O)N1. The fraction of sp³-hybridized carbons (Fsp3) is 0.409. The summed E-state index contributed by atoms with van der Waals surface area (Å²) < 4.78 is 14.5. The van der Waals surface area contributed by atoms with Crippen LogP contribution >= 0.6 is 11.6 Å². The molecular weight excluding hydrogens is 451 g/mol. The minimum Gasteiger partial charge on any atom is -0.369 e. The molecule has 1 unspecified atom stereocenters. The number of nitrogens with zero attached hydrogens (tertiary/aromatic N) is 5. The lowest BCUT2D eigenvalue weighted by molar-refractivity contribution is -0.136. The van der Waals surface area contributed by atoms with Crippen molar-refractivity contribution >= 4 is 35.0 Å². The molecule has 4 heterocycles. The van der Waals surface area contributed by atoms with Gasteiger partial charge in [0, 0.05) is 74.9 Å². The molecule has 3 aliphatic rings. The van der Waals surface area contributed by atoms with Crippen LogP contribution in [0.25, 0.3) is 0 Å². The molecule has 2 saturated heterocycles. The quantitative estimate of drug-likeness (QED) is 0.671. The van der Waals surface area contributed by atoms with E-state index in [1.807, 2.05) is 0 Å². The van der Waals surface area contributed by atoms with Crippen LogP contribution in [0.1, 0.15) is 34.5 Å². The van der Waals surface area contributed by atoms with Crippen molar-refractivity contribution < 1.29 is 18.8 Å². The summed E-state index contributed by atoms with van der Waals surface area (Å²) in [6, 6.07) is 1.96. The number of hydrogen-bond acceptors (Lipinski definition) is 7. The number of amides is 3. The van der Waals surface area contributed by atoms with E-state index in [0.717, 1.165) is 5.56 Å². The zero-order chi connectivity index (χ0) is 23.1. The van der Waals surface area contributed by atoms with Crippen molar-refractivity contribution in [1.82, 2.24) is 25.1 Å². The Hall–Kier alpha value is -3.11. The second kappa shape index (κ2) is 8.68. The molecule has 0 saturated carbocycles. The highest BCUT2D eigenvalue weighted by atomic mass is 35.5. The van der Waals surface area contributed by atoms with Crippen LogP contribution in [0.5, 0.6) is 0 Å². The summed E-state index contributed by atoms with van der Waals surface area (Å²) in [5.41, 5.74) is 2.38. The van der Waals surface area contributed by atoms with Gasteiger partial charge in [-0.25, -0.2) is 9.37 Å². The van der Waals surface area contributed by atoms with Crippen LogP contribution in [-0.2, 0) is 22.7 Å². The van der Waals surface area contributed by atoms with Crippen LogP contribution in [0.15, 0.2) is 24.5 Å². The number of fused-ring (bicyclic) bond motifs is 1. The monoisotopic (exact) mass is 472 g/mol. The molecule has 1 aromatic carbocycles. The molecule has 33 heavy (non-hydrogen) atoms. The Bertz CT molecular complexity index is 1140. The van der Waals surface area contributed by atoms with Crippen molar-refractivity contribution in [2.24, 2.45) is 0 Å². The van der Waals surface area contributed by atoms with Crippen LogP contribution in [0.3, 0.4) is 0 Å². The topological polar surface area (TPSA) is 98.7 Å². The maximum Gasteiger partial charge on any atom is 0.255 e. The number of benzene rings is 1. The van der Waals surface area contributed by atoms with E-state index in [1.165, 1.54) is 17.0 Å². The standard InChI is InChI=1S/C22H22ClFN6O3/c23-20-16(25-3-4-26-20)12-28-5-7-29(8-6-28)18-10-13(24)9-14-15(18)11-30(22(14)33)17-1-2-19(31)27-21(17)32/h3-4,9-10,17H,1-2,5-8,11-12H2,(H,27,31,32). The molecule has 9 nitrogen and oxygen atoms in total. The molecule has 0 aliphatic carbocycles. The molecule has 5 rings (SSSR count). The zero-order valence-corrected chi connectivity index (χ0v) is 18.5. The first-order valence-electron chi connectivity index (χ1n) is 10.8. The van der Waals surface area contributed by atoms with Crippen LogP contribution in [0, 0.1) is 5.82 Å². The lowest BCUT2D eigenvalue weighted by atomic mass is 10.0. The number of piperidine rings is 1. The minimum absolute atomic E-state index is 0.176. The number of anilines is 1. The van der Waals surface area contributed by atoms with Crippen molar-refractivity contribution in [3.63, 3.8) is 0 Å². The van der Waals surface area contributed by atoms with Gasteiger partial charge in [0.1, 0.15) is 11.9 Å². The summed E-state index contributed by atoms with van der Waals surface area (Å²) in [5, 5.41) is 2.68. The second-order valence-electron chi connectivity index (χ2n) is 8.41. The number of halogens is 2. The number of piperazine rings is 1. The van der Waals surface area contributed by atoms with Gasteiger partial charge in [-0.2, -0.15) is 0 Å². The molecule has 0 bridgehead atoms. The van der Waals surface area contributed by atoms with E-state index in [4.69, 9.17) is 11.6 Å². The first kappa shape index (κ1) is 21.7. The fourth-order valence-corrected chi connectivity index (χ4v) is 4.87. The second-order valence-corrected chi connectivity index (χ2v) is 8.77. The summed E-state index contributed by atoms with van der Waals surface area (Å²) in [7, 11) is 0. The smallest absolute Gasteiger partial charge is 0.255 e. The number of carbonyl (C=O) groups excluding carboxylic acids is 3. The number of nitrogens with one attached hydrogen (secondary N) is 1. The molecule has 1 aromatic heterocycles. The Kier molecular flexibility index (Phi) is 5.71. The van der Waals surface area contributed by atoms with Gasteiger partial charge in [-0.3, -0.25) is 29.6 Å². The van der Waals surface area contributed by atoms with Gasteiger partial charge in [-0.1, -0.05) is 11.6 Å². The van der Waals surface area contributed by atoms with Gasteiger partial charge in [-0.15, -0.1) is 0 Å². The number of hydrogen-bond donors (Lipinski definition) is 1. The maximum absolute atomic E-state index is 14.5. The highest BCUT2D eigenvalue weighted by Gasteiger charge is 2.41. The van der Waals surface area contributed by atoms with Gasteiger partial charge in [0.05, 0.1) is 5.69 Å². The van der Waals surface area contributed by atoms with E-state index in [1.54, 1.807) is 12.4 Å². The first-order chi connectivity index (χ1) is 15.9. The third-order valence-corrected chi connectivity index (χ3v) is 6.72. The third kappa shape index (κ3) is 4.16. The van der Waals surface area contributed by atoms with E-state index in [2.05, 4.69) is 25.1 Å². The van der Waals surface area contributed by atoms with E-state index in [-0.39, 0.29) is 36.8 Å². The molecule has 0 radical (unpaired) electrons. The highest BCUT2D eigenvalue weighted by molar-refractivity contribution is 6.29. The van der Waals surface area contributed by atoms with Crippen LogP contribution in [0.2, 0.25) is 5.15 Å². The third-order valence-electron chi connectivity index (χ3n) is 6.41. The molecule has 1 N–H and O–H groups in total. The van der Waals surface area contributed by atoms with Gasteiger partial charge < -0.3 is 9.80 Å². The molecule has 3 aliphatic heterocycles. The normalized spacial score (nSPS) is 21.4. The average molecular weight is 473 g/mol. The minimum atomic E-state index is -0.730. The Balaban J connectivity index is 1.32. The van der Waals surface area contributed by atoms with Gasteiger partial charge in [0.25, 0.3) is 5.91 Å².